The topological polar surface area (TPSA) is 72.7 Å². The molecule has 6 heavy (non-hydrogen) atoms. The zero-order valence-electron chi connectivity index (χ0n) is 2.70. The third-order valence-corrected chi connectivity index (χ3v) is 0.400. The van der Waals surface area contributed by atoms with Crippen molar-refractivity contribution in [3.63, 3.8) is 0 Å². The van der Waals surface area contributed by atoms with Gasteiger partial charge in [-0.3, -0.25) is 4.21 Å². The molecule has 0 aromatic heterocycles. The van der Waals surface area contributed by atoms with Crippen molar-refractivity contribution in [3.8, 4) is 0 Å². The van der Waals surface area contributed by atoms with Crippen molar-refractivity contribution < 1.29 is 14.0 Å². The fourth-order valence-electron chi connectivity index (χ4n) is 0.0385. The van der Waals surface area contributed by atoms with Crippen molar-refractivity contribution in [1.82, 2.24) is 0 Å². The zero-order valence-corrected chi connectivity index (χ0v) is 3.51. The largest absolute Gasteiger partial charge is 0.768 e. The van der Waals surface area contributed by atoms with Crippen LogP contribution in [0.5, 0.6) is 0 Å². The van der Waals surface area contributed by atoms with E-state index in [1.165, 1.54) is 0 Å². The van der Waals surface area contributed by atoms with Gasteiger partial charge in [-0.1, -0.05) is 5.16 Å². The lowest BCUT2D eigenvalue weighted by molar-refractivity contribution is 0.322. The van der Waals surface area contributed by atoms with Gasteiger partial charge in [0.25, 0.3) is 0 Å². The Kier molecular flexibility index (Phi) is 2.60. The van der Waals surface area contributed by atoms with Gasteiger partial charge in [0.05, 0.1) is 0 Å². The van der Waals surface area contributed by atoms with Crippen LogP contribution in [0.15, 0.2) is 5.16 Å². The quantitative estimate of drug-likeness (QED) is 0.158. The minimum absolute atomic E-state index is 0.389. The Bertz CT molecular complexity index is 78.9. The average molecular weight is 108 g/mol. The average Bonchev–Trinajstić information content (AvgIpc) is 1.35. The number of hydrogen-bond acceptors (Lipinski definition) is 4. The summed E-state index contributed by atoms with van der Waals surface area (Å²) >= 11 is -2.36. The summed E-state index contributed by atoms with van der Waals surface area (Å²) < 4.78 is 18.6. The summed E-state index contributed by atoms with van der Waals surface area (Å²) in [5, 5.41) is 9.61. The van der Waals surface area contributed by atoms with Gasteiger partial charge in [0, 0.05) is 0 Å². The highest BCUT2D eigenvalue weighted by Crippen LogP contribution is 1.58. The second-order valence-corrected chi connectivity index (χ2v) is 1.21. The maximum Gasteiger partial charge on any atom is 0.116 e. The van der Waals surface area contributed by atoms with Crippen molar-refractivity contribution >= 4 is 16.6 Å². The summed E-state index contributed by atoms with van der Waals surface area (Å²) in [7, 11) is 0. The molecule has 0 amide bonds. The summed E-state index contributed by atoms with van der Waals surface area (Å²) in [5.41, 5.74) is 0.389. The Morgan fingerprint density at radius 3 is 2.50 bits per heavy atom. The highest BCUT2D eigenvalue weighted by Gasteiger charge is 1.61. The Balaban J connectivity index is 3.30. The van der Waals surface area contributed by atoms with Gasteiger partial charge in [-0.25, -0.2) is 0 Å². The second kappa shape index (κ2) is 2.80. The molecule has 5 heteroatoms. The van der Waals surface area contributed by atoms with Crippen LogP contribution >= 0.6 is 0 Å². The third-order valence-electron chi connectivity index (χ3n) is 0.133. The molecule has 0 aromatic rings. The van der Waals surface area contributed by atoms with E-state index in [2.05, 4.69) is 5.16 Å². The second-order valence-electron chi connectivity index (χ2n) is 0.481. The first-order valence-corrected chi connectivity index (χ1v) is 2.17. The van der Waals surface area contributed by atoms with E-state index in [0.717, 1.165) is 0 Å². The Morgan fingerprint density at radius 2 is 2.50 bits per heavy atom. The predicted octanol–water partition coefficient (Wildman–Crippen LogP) is -0.717. The number of hydrogen-bond donors (Lipinski definition) is 1. The zero-order chi connectivity index (χ0) is 4.99. The SMILES string of the molecule is O=S([O-])C=NO. The van der Waals surface area contributed by atoms with Gasteiger partial charge in [-0.15, -0.1) is 0 Å². The molecule has 0 fully saturated rings. The first-order chi connectivity index (χ1) is 2.77. The first-order valence-electron chi connectivity index (χ1n) is 1.03. The van der Waals surface area contributed by atoms with Crippen molar-refractivity contribution in [2.45, 2.75) is 0 Å². The normalized spacial score (nSPS) is 15.5. The van der Waals surface area contributed by atoms with Gasteiger partial charge in [-0.2, -0.15) is 0 Å². The lowest BCUT2D eigenvalue weighted by atomic mass is 11.7. The standard InChI is InChI=1S/CH3NO3S/c3-2-1-6(4)5/h1,3H,(H,4,5)/p-1. The molecule has 0 radical (unpaired) electrons. The molecule has 1 N–H and O–H groups in total. The van der Waals surface area contributed by atoms with Crippen LogP contribution in [0.2, 0.25) is 0 Å². The van der Waals surface area contributed by atoms with Gasteiger partial charge in [0.15, 0.2) is 0 Å². The first kappa shape index (κ1) is 5.58. The van der Waals surface area contributed by atoms with Crippen molar-refractivity contribution in [2.24, 2.45) is 5.16 Å². The molecule has 0 bridgehead atoms. The molecular formula is CH2NO3S-. The summed E-state index contributed by atoms with van der Waals surface area (Å²) in [6.07, 6.45) is 0. The molecule has 36 valence electrons. The van der Waals surface area contributed by atoms with Crippen LogP contribution in [0.3, 0.4) is 0 Å². The third kappa shape index (κ3) is 3.58. The molecule has 1 atom stereocenters. The molecule has 0 aliphatic carbocycles. The molecule has 1 unspecified atom stereocenters. The number of oxime groups is 1. The van der Waals surface area contributed by atoms with Crippen LogP contribution < -0.4 is 0 Å². The predicted molar refractivity (Wildman–Crippen MR) is 19.2 cm³/mol. The van der Waals surface area contributed by atoms with Crippen LogP contribution in [-0.4, -0.2) is 19.5 Å². The molecule has 0 aromatic carbocycles. The fraction of sp³-hybridized carbons (Fsp3) is 0. The van der Waals surface area contributed by atoms with Crippen molar-refractivity contribution in [1.29, 1.82) is 0 Å². The van der Waals surface area contributed by atoms with Crippen LogP contribution in [0.4, 0.5) is 0 Å². The maximum absolute atomic E-state index is 9.29. The molecule has 0 rings (SSSR count). The summed E-state index contributed by atoms with van der Waals surface area (Å²) in [5.74, 6) is 0. The lowest BCUT2D eigenvalue weighted by Crippen LogP contribution is -1.84. The van der Waals surface area contributed by atoms with E-state index in [0.29, 0.717) is 5.55 Å². The Labute approximate surface area is 36.8 Å². The fourth-order valence-corrected chi connectivity index (χ4v) is 0.115. The van der Waals surface area contributed by atoms with Crippen LogP contribution in [-0.2, 0) is 11.1 Å². The van der Waals surface area contributed by atoms with Gasteiger partial charge < -0.3 is 9.76 Å². The summed E-state index contributed by atoms with van der Waals surface area (Å²) in [6.45, 7) is 0. The van der Waals surface area contributed by atoms with E-state index in [1.807, 2.05) is 0 Å². The molecule has 0 aliphatic rings. The van der Waals surface area contributed by atoms with E-state index in [9.17, 15) is 8.76 Å². The van der Waals surface area contributed by atoms with Gasteiger partial charge >= 0.3 is 0 Å². The monoisotopic (exact) mass is 108 g/mol. The van der Waals surface area contributed by atoms with Crippen molar-refractivity contribution in [2.75, 3.05) is 0 Å². The van der Waals surface area contributed by atoms with E-state index < -0.39 is 11.1 Å². The maximum atomic E-state index is 9.29. The van der Waals surface area contributed by atoms with Crippen LogP contribution in [0, 0.1) is 0 Å². The molecular weight excluding hydrogens is 106 g/mol. The van der Waals surface area contributed by atoms with Crippen LogP contribution in [0.1, 0.15) is 0 Å². The molecule has 4 nitrogen and oxygen atoms in total. The van der Waals surface area contributed by atoms with E-state index >= 15 is 0 Å². The number of rotatable bonds is 1. The smallest absolute Gasteiger partial charge is 0.116 e. The van der Waals surface area contributed by atoms with Gasteiger partial charge in [0.1, 0.15) is 5.55 Å². The summed E-state index contributed by atoms with van der Waals surface area (Å²) in [4.78, 5) is 0. The summed E-state index contributed by atoms with van der Waals surface area (Å²) in [6, 6.07) is 0. The van der Waals surface area contributed by atoms with E-state index in [1.54, 1.807) is 0 Å². The number of nitrogens with zero attached hydrogens (tertiary/aromatic N) is 1. The lowest BCUT2D eigenvalue weighted by Gasteiger charge is -1.87. The van der Waals surface area contributed by atoms with Gasteiger partial charge in [-0.05, 0) is 11.1 Å². The molecule has 0 saturated heterocycles. The van der Waals surface area contributed by atoms with Crippen LogP contribution in [0.25, 0.3) is 0 Å². The minimum Gasteiger partial charge on any atom is -0.768 e. The Hall–Kier alpha value is -0.420. The molecule has 0 heterocycles. The highest BCUT2D eigenvalue weighted by molar-refractivity contribution is 7.93. The molecule has 0 saturated carbocycles. The van der Waals surface area contributed by atoms with Gasteiger partial charge in [0.2, 0.25) is 0 Å². The highest BCUT2D eigenvalue weighted by atomic mass is 32.2. The van der Waals surface area contributed by atoms with Crippen molar-refractivity contribution in [3.05, 3.63) is 0 Å². The van der Waals surface area contributed by atoms with E-state index in [4.69, 9.17) is 5.21 Å². The van der Waals surface area contributed by atoms with E-state index in [-0.39, 0.29) is 0 Å². The molecule has 0 spiro atoms. The Morgan fingerprint density at radius 1 is 2.00 bits per heavy atom. The molecule has 0 aliphatic heterocycles. The minimum atomic E-state index is -2.36.